The number of nitrogen functional groups attached to an aromatic ring is 1. The van der Waals surface area contributed by atoms with Gasteiger partial charge in [-0.05, 0) is 18.2 Å². The van der Waals surface area contributed by atoms with Crippen molar-refractivity contribution in [2.75, 3.05) is 18.8 Å². The van der Waals surface area contributed by atoms with Gasteiger partial charge in [-0.1, -0.05) is 11.6 Å². The zero-order valence-corrected chi connectivity index (χ0v) is 11.8. The summed E-state index contributed by atoms with van der Waals surface area (Å²) in [6.07, 6.45) is 0. The summed E-state index contributed by atoms with van der Waals surface area (Å²) in [6, 6.07) is 8.90. The van der Waals surface area contributed by atoms with Crippen LogP contribution >= 0.6 is 22.9 Å². The molecule has 0 aliphatic rings. The minimum atomic E-state index is -0.414. The molecule has 2 N–H and O–H groups in total. The second-order valence-electron chi connectivity index (χ2n) is 3.96. The predicted molar refractivity (Wildman–Crippen MR) is 78.4 cm³/mol. The van der Waals surface area contributed by atoms with Crippen molar-refractivity contribution < 1.29 is 4.79 Å². The molecule has 0 aliphatic heterocycles. The molecular weight excluding hydrogens is 296 g/mol. The van der Waals surface area contributed by atoms with Crippen molar-refractivity contribution in [3.8, 4) is 12.1 Å². The van der Waals surface area contributed by atoms with Crippen LogP contribution in [0.25, 0.3) is 10.1 Å². The molecule has 5 nitrogen and oxygen atoms in total. The standard InChI is InChI=1S/C13H9ClN4OS/c14-8-1-2-9-10(7-8)20-12(11(9)17)13(19)18(5-3-15)6-4-16/h1-2,7H,5-6,17H2. The van der Waals surface area contributed by atoms with Gasteiger partial charge in [0.1, 0.15) is 18.0 Å². The lowest BCUT2D eigenvalue weighted by atomic mass is 10.2. The van der Waals surface area contributed by atoms with Crippen molar-refractivity contribution in [2.45, 2.75) is 0 Å². The summed E-state index contributed by atoms with van der Waals surface area (Å²) in [5.41, 5.74) is 6.33. The lowest BCUT2D eigenvalue weighted by Crippen LogP contribution is -2.31. The number of fused-ring (bicyclic) bond motifs is 1. The first-order valence-electron chi connectivity index (χ1n) is 5.59. The van der Waals surface area contributed by atoms with E-state index < -0.39 is 5.91 Å². The molecular formula is C13H9ClN4OS. The van der Waals surface area contributed by atoms with Gasteiger partial charge >= 0.3 is 0 Å². The average Bonchev–Trinajstić information content (AvgIpc) is 2.74. The average molecular weight is 305 g/mol. The Bertz CT molecular complexity index is 740. The van der Waals surface area contributed by atoms with Crippen molar-refractivity contribution in [3.05, 3.63) is 28.1 Å². The van der Waals surface area contributed by atoms with E-state index in [1.807, 2.05) is 12.1 Å². The minimum Gasteiger partial charge on any atom is -0.397 e. The lowest BCUT2D eigenvalue weighted by molar-refractivity contribution is 0.0800. The molecule has 0 saturated heterocycles. The Morgan fingerprint density at radius 1 is 1.35 bits per heavy atom. The van der Waals surface area contributed by atoms with Gasteiger partial charge in [0.15, 0.2) is 0 Å². The molecule has 0 atom stereocenters. The maximum absolute atomic E-state index is 12.3. The first-order valence-corrected chi connectivity index (χ1v) is 6.78. The van der Waals surface area contributed by atoms with Crippen LogP contribution in [0.4, 0.5) is 5.69 Å². The van der Waals surface area contributed by atoms with E-state index in [-0.39, 0.29) is 13.1 Å². The van der Waals surface area contributed by atoms with E-state index in [0.717, 1.165) is 15.0 Å². The van der Waals surface area contributed by atoms with Crippen LogP contribution in [-0.2, 0) is 0 Å². The zero-order chi connectivity index (χ0) is 14.7. The van der Waals surface area contributed by atoms with E-state index in [0.29, 0.717) is 15.6 Å². The third-order valence-corrected chi connectivity index (χ3v) is 4.09. The van der Waals surface area contributed by atoms with Crippen LogP contribution in [0.15, 0.2) is 18.2 Å². The van der Waals surface area contributed by atoms with Gasteiger partial charge in [0, 0.05) is 15.1 Å². The van der Waals surface area contributed by atoms with Crippen LogP contribution in [0.5, 0.6) is 0 Å². The van der Waals surface area contributed by atoms with Gasteiger partial charge in [-0.2, -0.15) is 10.5 Å². The number of benzene rings is 1. The van der Waals surface area contributed by atoms with Crippen LogP contribution in [0.2, 0.25) is 5.02 Å². The molecule has 1 amide bonds. The van der Waals surface area contributed by atoms with Gasteiger partial charge in [-0.3, -0.25) is 4.79 Å². The monoisotopic (exact) mass is 304 g/mol. The van der Waals surface area contributed by atoms with Gasteiger partial charge in [0.25, 0.3) is 5.91 Å². The number of hydrogen-bond acceptors (Lipinski definition) is 5. The van der Waals surface area contributed by atoms with Crippen molar-refractivity contribution >= 4 is 44.6 Å². The lowest BCUT2D eigenvalue weighted by Gasteiger charge is -2.14. The van der Waals surface area contributed by atoms with Crippen molar-refractivity contribution in [3.63, 3.8) is 0 Å². The van der Waals surface area contributed by atoms with Gasteiger partial charge in [0.05, 0.1) is 17.8 Å². The number of amides is 1. The third-order valence-electron chi connectivity index (χ3n) is 2.70. The fraction of sp³-hybridized carbons (Fsp3) is 0.154. The molecule has 7 heteroatoms. The molecule has 0 radical (unpaired) electrons. The minimum absolute atomic E-state index is 0.152. The Kier molecular flexibility index (Phi) is 4.09. The molecule has 2 rings (SSSR count). The van der Waals surface area contributed by atoms with Gasteiger partial charge in [0.2, 0.25) is 0 Å². The number of hydrogen-bond donors (Lipinski definition) is 1. The smallest absolute Gasteiger partial charge is 0.267 e. The topological polar surface area (TPSA) is 93.9 Å². The van der Waals surface area contributed by atoms with Crippen LogP contribution in [0.3, 0.4) is 0 Å². The third kappa shape index (κ3) is 2.53. The van der Waals surface area contributed by atoms with E-state index >= 15 is 0 Å². The number of carbonyl (C=O) groups excluding carboxylic acids is 1. The van der Waals surface area contributed by atoms with Crippen LogP contribution in [-0.4, -0.2) is 23.9 Å². The molecule has 1 aromatic carbocycles. The van der Waals surface area contributed by atoms with Crippen LogP contribution < -0.4 is 5.73 Å². The number of nitriles is 2. The van der Waals surface area contributed by atoms with Crippen molar-refractivity contribution in [1.82, 2.24) is 4.90 Å². The highest BCUT2D eigenvalue weighted by Gasteiger charge is 2.21. The quantitative estimate of drug-likeness (QED) is 0.882. The molecule has 0 fully saturated rings. The number of halogens is 1. The predicted octanol–water partition coefficient (Wildman–Crippen LogP) is 2.63. The molecule has 0 saturated carbocycles. The molecule has 0 spiro atoms. The summed E-state index contributed by atoms with van der Waals surface area (Å²) >= 11 is 7.11. The number of carbonyl (C=O) groups is 1. The number of nitrogens with two attached hydrogens (primary N) is 1. The Balaban J connectivity index is 2.47. The first-order chi connectivity index (χ1) is 9.58. The molecule has 0 bridgehead atoms. The first kappa shape index (κ1) is 14.1. The second kappa shape index (κ2) is 5.79. The molecule has 100 valence electrons. The molecule has 0 aliphatic carbocycles. The Labute approximate surface area is 124 Å². The highest BCUT2D eigenvalue weighted by molar-refractivity contribution is 7.21. The summed E-state index contributed by atoms with van der Waals surface area (Å²) in [7, 11) is 0. The Morgan fingerprint density at radius 3 is 2.60 bits per heavy atom. The van der Waals surface area contributed by atoms with Crippen LogP contribution in [0, 0.1) is 22.7 Å². The zero-order valence-electron chi connectivity index (χ0n) is 10.3. The Hall–Kier alpha value is -2.28. The summed E-state index contributed by atoms with van der Waals surface area (Å²) in [5, 5.41) is 18.7. The largest absolute Gasteiger partial charge is 0.397 e. The van der Waals surface area contributed by atoms with Crippen molar-refractivity contribution in [1.29, 1.82) is 10.5 Å². The van der Waals surface area contributed by atoms with E-state index in [2.05, 4.69) is 0 Å². The van der Waals surface area contributed by atoms with Crippen LogP contribution in [0.1, 0.15) is 9.67 Å². The molecule has 2 aromatic rings. The maximum Gasteiger partial charge on any atom is 0.267 e. The summed E-state index contributed by atoms with van der Waals surface area (Å²) < 4.78 is 0.798. The van der Waals surface area contributed by atoms with E-state index in [4.69, 9.17) is 27.9 Å². The highest BCUT2D eigenvalue weighted by atomic mass is 35.5. The normalized spacial score (nSPS) is 9.95. The van der Waals surface area contributed by atoms with Crippen molar-refractivity contribution in [2.24, 2.45) is 0 Å². The summed E-state index contributed by atoms with van der Waals surface area (Å²) in [6.45, 7) is -0.304. The second-order valence-corrected chi connectivity index (χ2v) is 5.45. The van der Waals surface area contributed by atoms with E-state index in [1.165, 1.54) is 11.3 Å². The highest BCUT2D eigenvalue weighted by Crippen LogP contribution is 2.35. The fourth-order valence-corrected chi connectivity index (χ4v) is 3.13. The number of anilines is 1. The molecule has 20 heavy (non-hydrogen) atoms. The van der Waals surface area contributed by atoms with Gasteiger partial charge in [-0.15, -0.1) is 11.3 Å². The number of thiophene rings is 1. The maximum atomic E-state index is 12.3. The SMILES string of the molecule is N#CCN(CC#N)C(=O)c1sc2cc(Cl)ccc2c1N. The van der Waals surface area contributed by atoms with E-state index in [1.54, 1.807) is 18.2 Å². The summed E-state index contributed by atoms with van der Waals surface area (Å²) in [5.74, 6) is -0.414. The summed E-state index contributed by atoms with van der Waals surface area (Å²) in [4.78, 5) is 13.8. The van der Waals surface area contributed by atoms with Gasteiger partial charge in [-0.25, -0.2) is 0 Å². The Morgan fingerprint density at radius 2 is 2.00 bits per heavy atom. The fourth-order valence-electron chi connectivity index (χ4n) is 1.76. The number of nitrogens with zero attached hydrogens (tertiary/aromatic N) is 3. The van der Waals surface area contributed by atoms with Gasteiger partial charge < -0.3 is 10.6 Å². The molecule has 1 heterocycles. The molecule has 1 aromatic heterocycles. The van der Waals surface area contributed by atoms with E-state index in [9.17, 15) is 4.79 Å². The number of rotatable bonds is 3. The molecule has 0 unspecified atom stereocenters.